The Morgan fingerprint density at radius 3 is 2.42 bits per heavy atom. The summed E-state index contributed by atoms with van der Waals surface area (Å²) in [6.07, 6.45) is 2.49. The number of hydrogen-bond acceptors (Lipinski definition) is 7. The summed E-state index contributed by atoms with van der Waals surface area (Å²) in [5.74, 6) is -2.67. The predicted molar refractivity (Wildman–Crippen MR) is 186 cm³/mol. The molecule has 11 nitrogen and oxygen atoms in total. The summed E-state index contributed by atoms with van der Waals surface area (Å²) >= 11 is 3.33. The highest BCUT2D eigenvalue weighted by Gasteiger charge is 2.38. The number of carbonyl (C=O) groups is 4. The van der Waals surface area contributed by atoms with E-state index in [0.29, 0.717) is 16.5 Å². The first-order valence-electron chi connectivity index (χ1n) is 16.0. The van der Waals surface area contributed by atoms with Gasteiger partial charge in [0.05, 0.1) is 10.5 Å². The zero-order valence-corrected chi connectivity index (χ0v) is 30.0. The molecule has 7 atom stereocenters. The van der Waals surface area contributed by atoms with Gasteiger partial charge in [-0.1, -0.05) is 49.8 Å². The number of aromatic hydroxyl groups is 1. The molecule has 0 radical (unpaired) electrons. The number of phenols is 1. The van der Waals surface area contributed by atoms with Crippen LogP contribution in [0.25, 0.3) is 10.9 Å². The predicted octanol–water partition coefficient (Wildman–Crippen LogP) is 4.94. The number of aromatic nitrogens is 1. The number of halogens is 1. The lowest BCUT2D eigenvalue weighted by Crippen LogP contribution is -2.56. The van der Waals surface area contributed by atoms with Crippen molar-refractivity contribution >= 4 is 50.5 Å². The second-order valence-electron chi connectivity index (χ2n) is 12.7. The van der Waals surface area contributed by atoms with Gasteiger partial charge in [0.15, 0.2) is 6.10 Å². The molecule has 1 aromatic heterocycles. The van der Waals surface area contributed by atoms with Gasteiger partial charge < -0.3 is 35.1 Å². The molecule has 2 heterocycles. The second-order valence-corrected chi connectivity index (χ2v) is 13.6. The molecule has 4 rings (SSSR count). The number of amides is 3. The molecule has 3 aromatic rings. The standard InChI is InChI=1S/C36H45BrN4O7/c1-19-14-20(2)23(5)48-36(46)32(47-7)31(24-12-13-30(42)27(37)16-24)40-34(44)29(17-25-18-38-28-11-9-8-10-26(25)28)41(6)35(45)22(4)39-33(43)21(3)15-19/h8-14,16,18,20-23,29,31-32,38,42H,15,17H2,1-7H3,(H,39,43)(H,40,44)/b19-14-/t20-,21-,22-,23+,29+,31?,32-/m0/s1. The Morgan fingerprint density at radius 1 is 1.02 bits per heavy atom. The number of fused-ring (bicyclic) bond motifs is 1. The second kappa shape index (κ2) is 15.8. The molecule has 2 aromatic carbocycles. The third-order valence-corrected chi connectivity index (χ3v) is 9.65. The summed E-state index contributed by atoms with van der Waals surface area (Å²) in [4.78, 5) is 59.8. The topological polar surface area (TPSA) is 150 Å². The molecule has 0 spiro atoms. The van der Waals surface area contributed by atoms with Crippen molar-refractivity contribution in [2.45, 2.75) is 77.8 Å². The number of H-pyrrole nitrogens is 1. The smallest absolute Gasteiger partial charge is 0.338 e. The number of ether oxygens (including phenoxy) is 2. The van der Waals surface area contributed by atoms with E-state index < -0.39 is 54.0 Å². The van der Waals surface area contributed by atoms with Gasteiger partial charge in [-0.15, -0.1) is 0 Å². The number of hydrogen-bond donors (Lipinski definition) is 4. The van der Waals surface area contributed by atoms with Crippen molar-refractivity contribution in [1.82, 2.24) is 20.5 Å². The van der Waals surface area contributed by atoms with Gasteiger partial charge in [0.1, 0.15) is 23.9 Å². The van der Waals surface area contributed by atoms with E-state index in [1.807, 2.05) is 44.2 Å². The Hall–Kier alpha value is -4.16. The molecule has 1 aliphatic heterocycles. The monoisotopic (exact) mass is 724 g/mol. The maximum absolute atomic E-state index is 14.4. The van der Waals surface area contributed by atoms with Gasteiger partial charge in [-0.05, 0) is 72.4 Å². The Kier molecular flexibility index (Phi) is 12.1. The van der Waals surface area contributed by atoms with Crippen molar-refractivity contribution in [3.8, 4) is 5.75 Å². The van der Waals surface area contributed by atoms with Crippen molar-refractivity contribution in [2.75, 3.05) is 14.2 Å². The molecule has 48 heavy (non-hydrogen) atoms. The van der Waals surface area contributed by atoms with Gasteiger partial charge >= 0.3 is 5.97 Å². The lowest BCUT2D eigenvalue weighted by molar-refractivity contribution is -0.164. The Balaban J connectivity index is 1.82. The van der Waals surface area contributed by atoms with E-state index in [1.165, 1.54) is 25.1 Å². The van der Waals surface area contributed by atoms with Crippen molar-refractivity contribution in [3.63, 3.8) is 0 Å². The number of para-hydroxylation sites is 1. The molecule has 1 unspecified atom stereocenters. The molecule has 12 heteroatoms. The van der Waals surface area contributed by atoms with Crippen LogP contribution in [-0.4, -0.2) is 77.1 Å². The summed E-state index contributed by atoms with van der Waals surface area (Å²) in [7, 11) is 2.88. The number of phenolic OH excluding ortho intramolecular Hbond substituents is 1. The minimum Gasteiger partial charge on any atom is -0.507 e. The maximum atomic E-state index is 14.4. The first-order valence-corrected chi connectivity index (χ1v) is 16.8. The molecule has 0 fully saturated rings. The van der Waals surface area contributed by atoms with Gasteiger partial charge in [-0.3, -0.25) is 14.4 Å². The molecule has 4 N–H and O–H groups in total. The van der Waals surface area contributed by atoms with E-state index in [2.05, 4.69) is 31.5 Å². The number of nitrogens with one attached hydrogen (secondary N) is 3. The van der Waals surface area contributed by atoms with Gasteiger partial charge in [0.2, 0.25) is 17.7 Å². The summed E-state index contributed by atoms with van der Waals surface area (Å²) < 4.78 is 11.9. The van der Waals surface area contributed by atoms with Crippen LogP contribution in [0.1, 0.15) is 58.2 Å². The number of cyclic esters (lactones) is 1. The van der Waals surface area contributed by atoms with Crippen LogP contribution in [0.15, 0.2) is 64.8 Å². The fourth-order valence-electron chi connectivity index (χ4n) is 6.04. The number of esters is 1. The molecule has 3 amide bonds. The summed E-state index contributed by atoms with van der Waals surface area (Å²) in [5.41, 5.74) is 3.07. The van der Waals surface area contributed by atoms with E-state index in [4.69, 9.17) is 9.47 Å². The Morgan fingerprint density at radius 2 is 1.73 bits per heavy atom. The lowest BCUT2D eigenvalue weighted by atomic mass is 9.95. The number of rotatable bonds is 4. The Labute approximate surface area is 289 Å². The quantitative estimate of drug-likeness (QED) is 0.220. The molecule has 0 bridgehead atoms. The number of likely N-dealkylation sites (N-methyl/N-ethyl adjacent to an activating group) is 1. The number of aromatic amines is 1. The van der Waals surface area contributed by atoms with Crippen molar-refractivity contribution < 1.29 is 33.8 Å². The first-order chi connectivity index (χ1) is 22.7. The zero-order valence-electron chi connectivity index (χ0n) is 28.4. The van der Waals surface area contributed by atoms with E-state index in [0.717, 1.165) is 22.0 Å². The third kappa shape index (κ3) is 8.46. The molecule has 1 aliphatic rings. The zero-order chi connectivity index (χ0) is 35.3. The summed E-state index contributed by atoms with van der Waals surface area (Å²) in [6, 6.07) is 9.20. The minimum atomic E-state index is -1.28. The molecule has 0 saturated carbocycles. The number of allylic oxidation sites excluding steroid dienone is 1. The average molecular weight is 726 g/mol. The number of methoxy groups -OCH3 is 1. The van der Waals surface area contributed by atoms with Crippen LogP contribution in [0.4, 0.5) is 0 Å². The van der Waals surface area contributed by atoms with Gasteiger partial charge in [-0.2, -0.15) is 0 Å². The lowest BCUT2D eigenvalue weighted by Gasteiger charge is -2.33. The van der Waals surface area contributed by atoms with Crippen LogP contribution >= 0.6 is 15.9 Å². The van der Waals surface area contributed by atoms with Crippen molar-refractivity contribution in [2.24, 2.45) is 11.8 Å². The van der Waals surface area contributed by atoms with E-state index in [9.17, 15) is 24.3 Å². The molecule has 0 saturated heterocycles. The van der Waals surface area contributed by atoms with E-state index in [-0.39, 0.29) is 24.0 Å². The highest BCUT2D eigenvalue weighted by molar-refractivity contribution is 9.10. The van der Waals surface area contributed by atoms with Crippen molar-refractivity contribution in [1.29, 1.82) is 0 Å². The SMILES string of the molecule is CO[C@@H]1C(=O)O[C@H](C)[C@@H](C)/C=C(/C)C[C@H](C)C(=O)N[C@@H](C)C(=O)N(C)[C@H](Cc2c[nH]c3ccccc23)C(=O)NC1c1ccc(O)c(Br)c1. The normalized spacial score (nSPS) is 28.1. The first kappa shape index (κ1) is 36.7. The number of benzene rings is 2. The Bertz CT molecular complexity index is 1690. The number of nitrogens with zero attached hydrogens (tertiary/aromatic N) is 1. The maximum Gasteiger partial charge on any atom is 0.338 e. The van der Waals surface area contributed by atoms with E-state index >= 15 is 0 Å². The van der Waals surface area contributed by atoms with Crippen LogP contribution in [0.5, 0.6) is 5.75 Å². The molecular formula is C36H45BrN4O7. The van der Waals surface area contributed by atoms with Crippen molar-refractivity contribution in [3.05, 3.63) is 75.9 Å². The fourth-order valence-corrected chi connectivity index (χ4v) is 6.44. The van der Waals surface area contributed by atoms with Gasteiger partial charge in [-0.25, -0.2) is 4.79 Å². The molecule has 258 valence electrons. The fraction of sp³-hybridized carbons (Fsp3) is 0.444. The highest BCUT2D eigenvalue weighted by atomic mass is 79.9. The third-order valence-electron chi connectivity index (χ3n) is 9.02. The molecular weight excluding hydrogens is 680 g/mol. The summed E-state index contributed by atoms with van der Waals surface area (Å²) in [5, 5.41) is 16.9. The van der Waals surface area contributed by atoms with Crippen LogP contribution < -0.4 is 10.6 Å². The van der Waals surface area contributed by atoms with Crippen LogP contribution in [-0.2, 0) is 35.1 Å². The number of carbonyl (C=O) groups excluding carboxylic acids is 4. The van der Waals surface area contributed by atoms with E-state index in [1.54, 1.807) is 39.1 Å². The van der Waals surface area contributed by atoms with Gasteiger partial charge in [0, 0.05) is 49.5 Å². The van der Waals surface area contributed by atoms with Gasteiger partial charge in [0.25, 0.3) is 0 Å². The largest absolute Gasteiger partial charge is 0.507 e. The summed E-state index contributed by atoms with van der Waals surface area (Å²) in [6.45, 7) is 8.99. The van der Waals surface area contributed by atoms with Crippen LogP contribution in [0.3, 0.4) is 0 Å². The molecule has 0 aliphatic carbocycles. The van der Waals surface area contributed by atoms with Crippen LogP contribution in [0.2, 0.25) is 0 Å². The average Bonchev–Trinajstić information content (AvgIpc) is 3.46. The van der Waals surface area contributed by atoms with Crippen LogP contribution in [0, 0.1) is 11.8 Å². The minimum absolute atomic E-state index is 0.0284. The highest BCUT2D eigenvalue weighted by Crippen LogP contribution is 2.31.